The Hall–Kier alpha value is -2.46. The Bertz CT molecular complexity index is 737. The molecule has 0 spiro atoms. The third-order valence-electron chi connectivity index (χ3n) is 4.34. The third-order valence-corrected chi connectivity index (χ3v) is 4.34. The van der Waals surface area contributed by atoms with E-state index in [0.29, 0.717) is 6.04 Å². The zero-order valence-corrected chi connectivity index (χ0v) is 15.6. The fraction of sp³-hybridized carbons (Fsp3) is 0.500. The van der Waals surface area contributed by atoms with Crippen LogP contribution in [-0.2, 0) is 11.3 Å². The van der Waals surface area contributed by atoms with Crippen molar-refractivity contribution >= 4 is 5.97 Å². The molecule has 2 N–H and O–H groups in total. The monoisotopic (exact) mass is 399 g/mol. The molecule has 28 heavy (non-hydrogen) atoms. The summed E-state index contributed by atoms with van der Waals surface area (Å²) < 4.78 is 33.5. The van der Waals surface area contributed by atoms with Crippen LogP contribution >= 0.6 is 0 Å². The molecule has 0 radical (unpaired) electrons. The number of hydrogen-bond donors (Lipinski definition) is 2. The smallest absolute Gasteiger partial charge is 0.475 e. The van der Waals surface area contributed by atoms with Crippen molar-refractivity contribution in [3.8, 4) is 5.82 Å². The van der Waals surface area contributed by atoms with Gasteiger partial charge in [0.15, 0.2) is 5.82 Å². The molecule has 0 bridgehead atoms. The van der Waals surface area contributed by atoms with E-state index in [2.05, 4.69) is 39.4 Å². The van der Waals surface area contributed by atoms with Crippen molar-refractivity contribution in [3.63, 3.8) is 0 Å². The first-order valence-electron chi connectivity index (χ1n) is 9.00. The Labute approximate surface area is 161 Å². The van der Waals surface area contributed by atoms with Crippen LogP contribution in [-0.4, -0.2) is 62.6 Å². The molecular weight excluding hydrogens is 375 g/mol. The van der Waals surface area contributed by atoms with Gasteiger partial charge in [0.1, 0.15) is 0 Å². The molecule has 1 unspecified atom stereocenters. The van der Waals surface area contributed by atoms with Gasteiger partial charge >= 0.3 is 12.1 Å². The number of nitrogens with one attached hydrogen (secondary N) is 1. The fourth-order valence-corrected chi connectivity index (χ4v) is 2.87. The molecule has 3 rings (SSSR count). The number of carboxylic acids is 1. The Balaban J connectivity index is 0.000000345. The maximum absolute atomic E-state index is 10.6. The van der Waals surface area contributed by atoms with Crippen molar-refractivity contribution in [1.82, 2.24) is 25.0 Å². The van der Waals surface area contributed by atoms with E-state index in [1.165, 1.54) is 24.9 Å². The van der Waals surface area contributed by atoms with Gasteiger partial charge in [-0.15, -0.1) is 0 Å². The van der Waals surface area contributed by atoms with Crippen molar-refractivity contribution in [2.24, 2.45) is 0 Å². The minimum atomic E-state index is -5.08. The van der Waals surface area contributed by atoms with Gasteiger partial charge in [-0.2, -0.15) is 18.3 Å². The number of likely N-dealkylation sites (tertiary alicyclic amines) is 1. The first kappa shape index (κ1) is 21.8. The lowest BCUT2D eigenvalue weighted by molar-refractivity contribution is -0.192. The van der Waals surface area contributed by atoms with E-state index in [9.17, 15) is 13.2 Å². The van der Waals surface area contributed by atoms with Gasteiger partial charge in [-0.3, -0.25) is 0 Å². The largest absolute Gasteiger partial charge is 0.490 e. The molecule has 0 aromatic carbocycles. The summed E-state index contributed by atoms with van der Waals surface area (Å²) in [7, 11) is 0. The molecule has 10 heteroatoms. The van der Waals surface area contributed by atoms with E-state index >= 15 is 0 Å². The summed E-state index contributed by atoms with van der Waals surface area (Å²) in [6.07, 6.45) is 3.02. The van der Waals surface area contributed by atoms with Gasteiger partial charge < -0.3 is 15.3 Å². The van der Waals surface area contributed by atoms with E-state index in [0.717, 1.165) is 25.5 Å². The van der Waals surface area contributed by atoms with E-state index in [1.807, 2.05) is 18.5 Å². The maximum atomic E-state index is 10.6. The second kappa shape index (κ2) is 10.2. The van der Waals surface area contributed by atoms with Gasteiger partial charge in [-0.1, -0.05) is 6.92 Å². The van der Waals surface area contributed by atoms with Crippen molar-refractivity contribution < 1.29 is 23.1 Å². The van der Waals surface area contributed by atoms with E-state index < -0.39 is 12.1 Å². The predicted molar refractivity (Wildman–Crippen MR) is 97.0 cm³/mol. The molecule has 1 saturated heterocycles. The Morgan fingerprint density at radius 2 is 2.14 bits per heavy atom. The number of likely N-dealkylation sites (N-methyl/N-ethyl adjacent to an activating group) is 1. The van der Waals surface area contributed by atoms with Crippen LogP contribution in [0.3, 0.4) is 0 Å². The summed E-state index contributed by atoms with van der Waals surface area (Å²) in [5.74, 6) is -1.88. The number of carbonyl (C=O) groups is 1. The molecule has 0 saturated carbocycles. The molecule has 0 aliphatic carbocycles. The molecule has 2 aromatic rings. The van der Waals surface area contributed by atoms with Crippen molar-refractivity contribution in [3.05, 3.63) is 42.4 Å². The predicted octanol–water partition coefficient (Wildman–Crippen LogP) is 2.47. The second-order valence-corrected chi connectivity index (χ2v) is 6.39. The van der Waals surface area contributed by atoms with Crippen molar-refractivity contribution in [2.75, 3.05) is 19.6 Å². The lowest BCUT2D eigenvalue weighted by atomic mass is 10.1. The number of rotatable bonds is 5. The summed E-state index contributed by atoms with van der Waals surface area (Å²) >= 11 is 0. The Kier molecular flexibility index (Phi) is 7.94. The molecular formula is C18H24F3N5O2. The zero-order valence-electron chi connectivity index (χ0n) is 15.6. The number of carboxylic acid groups (broad SMARTS) is 1. The minimum absolute atomic E-state index is 0.597. The Morgan fingerprint density at radius 1 is 1.39 bits per heavy atom. The van der Waals surface area contributed by atoms with Crippen LogP contribution in [0, 0.1) is 0 Å². The van der Waals surface area contributed by atoms with E-state index in [4.69, 9.17) is 9.90 Å². The summed E-state index contributed by atoms with van der Waals surface area (Å²) in [4.78, 5) is 15.8. The fourth-order valence-electron chi connectivity index (χ4n) is 2.87. The van der Waals surface area contributed by atoms with Crippen LogP contribution in [0.15, 0.2) is 36.8 Å². The lowest BCUT2D eigenvalue weighted by Crippen LogP contribution is -2.45. The van der Waals surface area contributed by atoms with E-state index in [1.54, 1.807) is 10.9 Å². The SMILES string of the molecule is CCN1CCCC(NCc2ccnc(-n3cccn3)c2)C1.O=C(O)C(F)(F)F. The van der Waals surface area contributed by atoms with Crippen LogP contribution < -0.4 is 5.32 Å². The molecule has 154 valence electrons. The van der Waals surface area contributed by atoms with Crippen molar-refractivity contribution in [2.45, 2.75) is 38.5 Å². The molecule has 1 fully saturated rings. The zero-order chi connectivity index (χ0) is 20.6. The molecule has 7 nitrogen and oxygen atoms in total. The van der Waals surface area contributed by atoms with Crippen LogP contribution in [0.2, 0.25) is 0 Å². The van der Waals surface area contributed by atoms with Gasteiger partial charge in [0, 0.05) is 37.7 Å². The molecule has 1 aliphatic heterocycles. The number of aliphatic carboxylic acids is 1. The standard InChI is InChI=1S/C16H23N5.C2HF3O2/c1-2-20-9-3-5-15(13-20)18-12-14-6-8-17-16(11-14)21-10-4-7-19-21;3-2(4,5)1(6)7/h4,6-8,10-11,15,18H,2-3,5,9,12-13H2,1H3;(H,6,7). The Morgan fingerprint density at radius 3 is 2.75 bits per heavy atom. The molecule has 1 atom stereocenters. The highest BCUT2D eigenvalue weighted by Crippen LogP contribution is 2.13. The molecule has 3 heterocycles. The van der Waals surface area contributed by atoms with Crippen LogP contribution in [0.5, 0.6) is 0 Å². The van der Waals surface area contributed by atoms with Gasteiger partial charge in [-0.05, 0) is 49.7 Å². The maximum Gasteiger partial charge on any atom is 0.490 e. The summed E-state index contributed by atoms with van der Waals surface area (Å²) in [6, 6.07) is 6.68. The second-order valence-electron chi connectivity index (χ2n) is 6.39. The molecule has 1 aliphatic rings. The minimum Gasteiger partial charge on any atom is -0.475 e. The van der Waals surface area contributed by atoms with Crippen LogP contribution in [0.1, 0.15) is 25.3 Å². The molecule has 2 aromatic heterocycles. The number of piperidine rings is 1. The quantitative estimate of drug-likeness (QED) is 0.804. The van der Waals surface area contributed by atoms with Gasteiger partial charge in [0.2, 0.25) is 0 Å². The number of aromatic nitrogens is 3. The van der Waals surface area contributed by atoms with Crippen LogP contribution in [0.25, 0.3) is 5.82 Å². The highest BCUT2D eigenvalue weighted by molar-refractivity contribution is 5.73. The number of pyridine rings is 1. The highest BCUT2D eigenvalue weighted by Gasteiger charge is 2.38. The molecule has 0 amide bonds. The average molecular weight is 399 g/mol. The normalized spacial score (nSPS) is 17.6. The first-order chi connectivity index (χ1) is 13.3. The van der Waals surface area contributed by atoms with E-state index in [-0.39, 0.29) is 0 Å². The van der Waals surface area contributed by atoms with Gasteiger partial charge in [0.05, 0.1) is 0 Å². The summed E-state index contributed by atoms with van der Waals surface area (Å²) in [5, 5.41) is 15.0. The first-order valence-corrected chi connectivity index (χ1v) is 9.00. The highest BCUT2D eigenvalue weighted by atomic mass is 19.4. The number of halogens is 3. The number of hydrogen-bond acceptors (Lipinski definition) is 5. The summed E-state index contributed by atoms with van der Waals surface area (Å²) in [6.45, 7) is 6.68. The number of nitrogens with zero attached hydrogens (tertiary/aromatic N) is 4. The summed E-state index contributed by atoms with van der Waals surface area (Å²) in [5.41, 5.74) is 1.25. The van der Waals surface area contributed by atoms with Crippen molar-refractivity contribution in [1.29, 1.82) is 0 Å². The average Bonchev–Trinajstić information content (AvgIpc) is 3.21. The lowest BCUT2D eigenvalue weighted by Gasteiger charge is -2.32. The number of alkyl halides is 3. The van der Waals surface area contributed by atoms with Gasteiger partial charge in [0.25, 0.3) is 0 Å². The van der Waals surface area contributed by atoms with Gasteiger partial charge in [-0.25, -0.2) is 14.5 Å². The topological polar surface area (TPSA) is 83.3 Å². The van der Waals surface area contributed by atoms with Crippen LogP contribution in [0.4, 0.5) is 13.2 Å². The third kappa shape index (κ3) is 6.93.